The average molecular weight is 419 g/mol. The van der Waals surface area contributed by atoms with Crippen LogP contribution in [0.2, 0.25) is 0 Å². The quantitative estimate of drug-likeness (QED) is 0.322. The summed E-state index contributed by atoms with van der Waals surface area (Å²) < 4.78 is 11.6. The molecule has 6 heteroatoms. The molecule has 0 bridgehead atoms. The molecule has 1 atom stereocenters. The molecule has 5 nitrogen and oxygen atoms in total. The maximum atomic E-state index is 5.90. The molecule has 0 radical (unpaired) electrons. The molecule has 1 aromatic carbocycles. The summed E-state index contributed by atoms with van der Waals surface area (Å²) in [4.78, 5) is 4.21. The fraction of sp³-hybridized carbons (Fsp3) is 0.562. The normalized spacial score (nSPS) is 16.6. The molecule has 1 aliphatic rings. The summed E-state index contributed by atoms with van der Waals surface area (Å²) in [7, 11) is 1.78. The summed E-state index contributed by atoms with van der Waals surface area (Å²) in [6, 6.07) is 7.75. The zero-order valence-electron chi connectivity index (χ0n) is 13.3. The van der Waals surface area contributed by atoms with Crippen LogP contribution in [0.4, 0.5) is 0 Å². The van der Waals surface area contributed by atoms with Crippen LogP contribution in [0.5, 0.6) is 11.5 Å². The third-order valence-corrected chi connectivity index (χ3v) is 3.36. The number of hydrogen-bond donors (Lipinski definition) is 2. The lowest BCUT2D eigenvalue weighted by molar-refractivity contribution is 0.0936. The van der Waals surface area contributed by atoms with E-state index in [-0.39, 0.29) is 30.1 Å². The number of rotatable bonds is 6. The molecule has 2 N–H and O–H groups in total. The predicted octanol–water partition coefficient (Wildman–Crippen LogP) is 2.80. The Hall–Kier alpha value is -1.18. The van der Waals surface area contributed by atoms with Gasteiger partial charge in [0.2, 0.25) is 0 Å². The molecule has 0 spiro atoms. The first-order valence-electron chi connectivity index (χ1n) is 7.66. The molecule has 0 aliphatic carbocycles. The van der Waals surface area contributed by atoms with Gasteiger partial charge in [0.15, 0.2) is 17.5 Å². The lowest BCUT2D eigenvalue weighted by Crippen LogP contribution is -2.45. The van der Waals surface area contributed by atoms with E-state index >= 15 is 0 Å². The van der Waals surface area contributed by atoms with Gasteiger partial charge in [0, 0.05) is 13.6 Å². The van der Waals surface area contributed by atoms with Crippen molar-refractivity contribution >= 4 is 29.9 Å². The minimum Gasteiger partial charge on any atom is -0.486 e. The van der Waals surface area contributed by atoms with Crippen molar-refractivity contribution in [1.82, 2.24) is 10.6 Å². The Morgan fingerprint density at radius 3 is 2.73 bits per heavy atom. The number of ether oxygens (including phenoxy) is 2. The van der Waals surface area contributed by atoms with Gasteiger partial charge >= 0.3 is 0 Å². The van der Waals surface area contributed by atoms with E-state index in [1.165, 1.54) is 12.8 Å². The average Bonchev–Trinajstić information content (AvgIpc) is 2.54. The Bertz CT molecular complexity index is 468. The second-order valence-corrected chi connectivity index (χ2v) is 5.08. The summed E-state index contributed by atoms with van der Waals surface area (Å²) in [5, 5.41) is 6.59. The SMILES string of the molecule is CCCCCNC(=NC)NCC1COc2ccccc2O1.I. The predicted molar refractivity (Wildman–Crippen MR) is 101 cm³/mol. The van der Waals surface area contributed by atoms with E-state index in [1.807, 2.05) is 24.3 Å². The molecule has 124 valence electrons. The fourth-order valence-corrected chi connectivity index (χ4v) is 2.18. The Kier molecular flexibility index (Phi) is 9.03. The molecular formula is C16H26IN3O2. The lowest BCUT2D eigenvalue weighted by Gasteiger charge is -2.27. The molecule has 0 saturated carbocycles. The van der Waals surface area contributed by atoms with Crippen LogP contribution in [-0.2, 0) is 0 Å². The monoisotopic (exact) mass is 419 g/mol. The number of nitrogens with zero attached hydrogens (tertiary/aromatic N) is 1. The van der Waals surface area contributed by atoms with Gasteiger partial charge in [-0.2, -0.15) is 0 Å². The number of halogens is 1. The highest BCUT2D eigenvalue weighted by Gasteiger charge is 2.20. The second-order valence-electron chi connectivity index (χ2n) is 5.08. The van der Waals surface area contributed by atoms with E-state index in [0.717, 1.165) is 30.4 Å². The van der Waals surface area contributed by atoms with E-state index < -0.39 is 0 Å². The first-order chi connectivity index (χ1) is 10.3. The van der Waals surface area contributed by atoms with Crippen LogP contribution < -0.4 is 20.1 Å². The van der Waals surface area contributed by atoms with Gasteiger partial charge < -0.3 is 20.1 Å². The maximum absolute atomic E-state index is 5.90. The van der Waals surface area contributed by atoms with Crippen molar-refractivity contribution in [2.45, 2.75) is 32.3 Å². The maximum Gasteiger partial charge on any atom is 0.191 e. The molecule has 0 amide bonds. The number of nitrogens with one attached hydrogen (secondary N) is 2. The van der Waals surface area contributed by atoms with Gasteiger partial charge in [0.25, 0.3) is 0 Å². The summed E-state index contributed by atoms with van der Waals surface area (Å²) in [6.45, 7) is 4.36. The zero-order valence-corrected chi connectivity index (χ0v) is 15.6. The van der Waals surface area contributed by atoms with Crippen LogP contribution in [0.25, 0.3) is 0 Å². The molecule has 0 fully saturated rings. The van der Waals surface area contributed by atoms with Gasteiger partial charge in [-0.1, -0.05) is 31.9 Å². The van der Waals surface area contributed by atoms with Crippen LogP contribution in [0.3, 0.4) is 0 Å². The number of guanidine groups is 1. The molecule has 1 heterocycles. The zero-order chi connectivity index (χ0) is 14.9. The lowest BCUT2D eigenvalue weighted by atomic mass is 10.2. The Morgan fingerprint density at radius 2 is 2.00 bits per heavy atom. The van der Waals surface area contributed by atoms with Crippen LogP contribution in [0.15, 0.2) is 29.3 Å². The number of benzene rings is 1. The number of fused-ring (bicyclic) bond motifs is 1. The van der Waals surface area contributed by atoms with Gasteiger partial charge in [0.05, 0.1) is 6.54 Å². The third-order valence-electron chi connectivity index (χ3n) is 3.36. The Balaban J connectivity index is 0.00000242. The van der Waals surface area contributed by atoms with Crippen LogP contribution >= 0.6 is 24.0 Å². The van der Waals surface area contributed by atoms with Crippen molar-refractivity contribution < 1.29 is 9.47 Å². The minimum absolute atomic E-state index is 0. The van der Waals surface area contributed by atoms with Crippen molar-refractivity contribution in [1.29, 1.82) is 0 Å². The molecule has 22 heavy (non-hydrogen) atoms. The second kappa shape index (κ2) is 10.5. The summed E-state index contributed by atoms with van der Waals surface area (Å²) >= 11 is 0. The van der Waals surface area contributed by atoms with Crippen molar-refractivity contribution in [3.63, 3.8) is 0 Å². The van der Waals surface area contributed by atoms with Gasteiger partial charge in [0.1, 0.15) is 12.7 Å². The van der Waals surface area contributed by atoms with Gasteiger partial charge in [-0.3, -0.25) is 4.99 Å². The van der Waals surface area contributed by atoms with Gasteiger partial charge in [-0.25, -0.2) is 0 Å². The molecule has 1 aromatic rings. The van der Waals surface area contributed by atoms with Crippen LogP contribution in [-0.4, -0.2) is 38.8 Å². The topological polar surface area (TPSA) is 54.9 Å². The van der Waals surface area contributed by atoms with E-state index in [1.54, 1.807) is 7.05 Å². The van der Waals surface area contributed by atoms with Crippen molar-refractivity contribution in [2.24, 2.45) is 4.99 Å². The molecule has 1 unspecified atom stereocenters. The first kappa shape index (κ1) is 18.9. The summed E-state index contributed by atoms with van der Waals surface area (Å²) in [5.41, 5.74) is 0. The number of aliphatic imine (C=N–C) groups is 1. The highest BCUT2D eigenvalue weighted by Crippen LogP contribution is 2.30. The number of para-hydroxylation sites is 2. The highest BCUT2D eigenvalue weighted by atomic mass is 127. The highest BCUT2D eigenvalue weighted by molar-refractivity contribution is 14.0. The van der Waals surface area contributed by atoms with E-state index in [2.05, 4.69) is 22.5 Å². The standard InChI is InChI=1S/C16H25N3O2.HI/c1-3-4-7-10-18-16(17-2)19-11-13-12-20-14-8-5-6-9-15(14)21-13;/h5-6,8-9,13H,3-4,7,10-12H2,1-2H3,(H2,17,18,19);1H. The number of unbranched alkanes of at least 4 members (excludes halogenated alkanes) is 2. The Morgan fingerprint density at radius 1 is 1.23 bits per heavy atom. The van der Waals surface area contributed by atoms with Crippen molar-refractivity contribution in [2.75, 3.05) is 26.7 Å². The molecular weight excluding hydrogens is 393 g/mol. The first-order valence-corrected chi connectivity index (χ1v) is 7.66. The van der Waals surface area contributed by atoms with Crippen molar-refractivity contribution in [3.05, 3.63) is 24.3 Å². The molecule has 1 aliphatic heterocycles. The number of hydrogen-bond acceptors (Lipinski definition) is 3. The van der Waals surface area contributed by atoms with Gasteiger partial charge in [-0.15, -0.1) is 24.0 Å². The molecule has 2 rings (SSSR count). The summed E-state index contributed by atoms with van der Waals surface area (Å²) in [5.74, 6) is 2.44. The minimum atomic E-state index is -0.00547. The van der Waals surface area contributed by atoms with Crippen LogP contribution in [0, 0.1) is 0 Å². The fourth-order valence-electron chi connectivity index (χ4n) is 2.18. The van der Waals surface area contributed by atoms with Gasteiger partial charge in [-0.05, 0) is 18.6 Å². The molecule has 0 saturated heterocycles. The van der Waals surface area contributed by atoms with E-state index in [0.29, 0.717) is 13.2 Å². The Labute approximate surface area is 149 Å². The smallest absolute Gasteiger partial charge is 0.191 e. The van der Waals surface area contributed by atoms with E-state index in [9.17, 15) is 0 Å². The third kappa shape index (κ3) is 5.90. The molecule has 0 aromatic heterocycles. The summed E-state index contributed by atoms with van der Waals surface area (Å²) in [6.07, 6.45) is 3.61. The van der Waals surface area contributed by atoms with E-state index in [4.69, 9.17) is 9.47 Å². The van der Waals surface area contributed by atoms with Crippen LogP contribution in [0.1, 0.15) is 26.2 Å². The largest absolute Gasteiger partial charge is 0.486 e. The van der Waals surface area contributed by atoms with Crippen molar-refractivity contribution in [3.8, 4) is 11.5 Å².